The normalized spacial score (nSPS) is 21.7. The van der Waals surface area contributed by atoms with E-state index in [-0.39, 0.29) is 88.4 Å². The number of rotatable bonds is 12. The van der Waals surface area contributed by atoms with E-state index in [0.717, 1.165) is 46.3 Å². The van der Waals surface area contributed by atoms with Crippen LogP contribution in [0.2, 0.25) is 0 Å². The molecule has 4 amide bonds. The van der Waals surface area contributed by atoms with Gasteiger partial charge in [-0.3, -0.25) is 14.2 Å². The van der Waals surface area contributed by atoms with Gasteiger partial charge >= 0.3 is 12.2 Å². The molecule has 10 rings (SSSR count). The van der Waals surface area contributed by atoms with Gasteiger partial charge in [-0.1, -0.05) is 26.8 Å². The molecule has 404 valence electrons. The van der Waals surface area contributed by atoms with E-state index in [2.05, 4.69) is 50.3 Å². The van der Waals surface area contributed by atoms with Crippen molar-refractivity contribution in [3.63, 3.8) is 0 Å². The van der Waals surface area contributed by atoms with Crippen molar-refractivity contribution in [3.05, 3.63) is 88.1 Å². The maximum atomic E-state index is 16.9. The number of hydrogen-bond acceptors (Lipinski definition) is 11. The number of carbonyl (C=O) groups excluding carboxylic acids is 4. The number of H-pyrrole nitrogens is 2. The number of aromatic amines is 2. The molecule has 0 bridgehead atoms. The average Bonchev–Trinajstić information content (AvgIpc) is 4.23. The predicted octanol–water partition coefficient (Wildman–Crippen LogP) is 9.76. The third-order valence-electron chi connectivity index (χ3n) is 14.7. The topological polar surface area (TPSA) is 198 Å². The van der Waals surface area contributed by atoms with E-state index >= 15 is 4.39 Å². The summed E-state index contributed by atoms with van der Waals surface area (Å²) in [5.41, 5.74) is 4.62. The van der Waals surface area contributed by atoms with E-state index in [0.29, 0.717) is 78.7 Å². The summed E-state index contributed by atoms with van der Waals surface area (Å²) in [6, 6.07) is 13.4. The lowest BCUT2D eigenvalue weighted by molar-refractivity contribution is -0.138. The van der Waals surface area contributed by atoms with Gasteiger partial charge in [0, 0.05) is 34.5 Å². The zero-order chi connectivity index (χ0) is 50.5. The van der Waals surface area contributed by atoms with Gasteiger partial charge in [0.25, 0.3) is 0 Å². The maximum absolute atomic E-state index is 16.9. The fourth-order valence-electron chi connectivity index (χ4n) is 11.3. The Hall–Kier alpha value is -5.68. The van der Waals surface area contributed by atoms with Gasteiger partial charge in [-0.25, -0.2) is 23.9 Å². The summed E-state index contributed by atoms with van der Waals surface area (Å²) in [6.45, 7) is 10.9. The van der Waals surface area contributed by atoms with Crippen LogP contribution in [-0.2, 0) is 30.2 Å². The Morgan fingerprint density at radius 3 is 2.03 bits per heavy atom. The van der Waals surface area contributed by atoms with E-state index < -0.39 is 36.3 Å². The highest BCUT2D eigenvalue weighted by atomic mass is 32.1. The Morgan fingerprint density at radius 2 is 1.43 bits per heavy atom. The zero-order valence-corrected chi connectivity index (χ0v) is 46.9. The monoisotopic (exact) mass is 1110 g/mol. The van der Waals surface area contributed by atoms with Gasteiger partial charge in [0.05, 0.1) is 83.9 Å². The number of nitrogens with zero attached hydrogens (tertiary/aromatic N) is 5. The molecule has 75 heavy (non-hydrogen) atoms. The zero-order valence-electron chi connectivity index (χ0n) is 43.1. The maximum Gasteiger partial charge on any atom is 0.407 e. The van der Waals surface area contributed by atoms with E-state index in [1.165, 1.54) is 25.2 Å². The Kier molecular flexibility index (Phi) is 18.0. The number of alkyl carbamates (subject to hydrolysis) is 2. The van der Waals surface area contributed by atoms with Gasteiger partial charge in [-0.05, 0) is 113 Å². The Labute approximate surface area is 460 Å². The molecule has 6 aromatic rings. The second kappa shape index (κ2) is 23.7. The minimum absolute atomic E-state index is 0. The number of nitrogens with one attached hydrogen (secondary N) is 4. The van der Waals surface area contributed by atoms with E-state index in [9.17, 15) is 19.2 Å². The highest BCUT2D eigenvalue weighted by molar-refractivity contribution is 7.59. The van der Waals surface area contributed by atoms with Crippen LogP contribution in [0.4, 0.5) is 14.0 Å². The molecular formula is C53H68FN9O8S4. The molecule has 4 aliphatic heterocycles. The highest BCUT2D eigenvalue weighted by Crippen LogP contribution is 2.48. The van der Waals surface area contributed by atoms with Crippen molar-refractivity contribution in [2.45, 2.75) is 122 Å². The lowest BCUT2D eigenvalue weighted by atomic mass is 9.85. The number of thiophene rings is 1. The van der Waals surface area contributed by atoms with Gasteiger partial charge in [-0.2, -0.15) is 40.5 Å². The molecule has 3 saturated heterocycles. The second-order valence-corrected chi connectivity index (χ2v) is 21.0. The molecule has 3 fully saturated rings. The van der Waals surface area contributed by atoms with Crippen molar-refractivity contribution in [2.75, 3.05) is 27.3 Å². The molecule has 0 radical (unpaired) electrons. The van der Waals surface area contributed by atoms with E-state index in [1.54, 1.807) is 28.6 Å². The van der Waals surface area contributed by atoms with Gasteiger partial charge in [0.15, 0.2) is 0 Å². The largest absolute Gasteiger partial charge is 0.464 e. The second-order valence-electron chi connectivity index (χ2n) is 19.8. The molecule has 8 heterocycles. The molecule has 17 nitrogen and oxygen atoms in total. The number of hydrogen-bond donors (Lipinski definition) is 4. The highest BCUT2D eigenvalue weighted by Gasteiger charge is 2.43. The fourth-order valence-corrected chi connectivity index (χ4v) is 12.3. The SMILES string of the molecule is CCc1ccc(C2Oc3cc(-c4cnc([C@@H]5CCCN5C(=O)[C@@H](NC(=O)OC)C(C)C)[nH]4)cc(F)c3-c3cc4cc(-c5cnc([C@@H]6CCCN6C(=O)C(NC(=O)OC)C6C[C@@H](C)O[C@@H](C)C6)[nH]5)ccc4n32)s1.S.S.S. The van der Waals surface area contributed by atoms with Crippen LogP contribution in [0.1, 0.15) is 113 Å². The first-order chi connectivity index (χ1) is 34.7. The summed E-state index contributed by atoms with van der Waals surface area (Å²) in [5, 5.41) is 6.42. The number of halogens is 1. The molecule has 0 aliphatic carbocycles. The number of ether oxygens (including phenoxy) is 4. The lowest BCUT2D eigenvalue weighted by Gasteiger charge is -2.38. The number of likely N-dealkylation sites (tertiary alicyclic amines) is 2. The molecule has 8 atom stereocenters. The van der Waals surface area contributed by atoms with Gasteiger partial charge in [0.2, 0.25) is 18.0 Å². The van der Waals surface area contributed by atoms with E-state index in [1.807, 2.05) is 56.9 Å². The molecule has 4 N–H and O–H groups in total. The number of methoxy groups -OCH3 is 2. The Bertz CT molecular complexity index is 3020. The van der Waals surface area contributed by atoms with E-state index in [4.69, 9.17) is 28.9 Å². The molecule has 3 unspecified atom stereocenters. The summed E-state index contributed by atoms with van der Waals surface area (Å²) in [7, 11) is 2.57. The van der Waals surface area contributed by atoms with Crippen LogP contribution in [0.15, 0.2) is 60.9 Å². The summed E-state index contributed by atoms with van der Waals surface area (Å²) >= 11 is 1.66. The minimum Gasteiger partial charge on any atom is -0.464 e. The third kappa shape index (κ3) is 11.1. The van der Waals surface area contributed by atoms with Crippen LogP contribution < -0.4 is 15.4 Å². The molecular weight excluding hydrogens is 1040 g/mol. The Morgan fingerprint density at radius 1 is 0.813 bits per heavy atom. The van der Waals surface area contributed by atoms with Crippen LogP contribution in [0.25, 0.3) is 44.7 Å². The van der Waals surface area contributed by atoms with Crippen molar-refractivity contribution < 1.29 is 42.5 Å². The van der Waals surface area contributed by atoms with Crippen molar-refractivity contribution in [1.29, 1.82) is 0 Å². The number of benzene rings is 2. The van der Waals surface area contributed by atoms with Crippen LogP contribution in [0, 0.1) is 17.7 Å². The summed E-state index contributed by atoms with van der Waals surface area (Å²) in [6.07, 6.45) is 6.51. The van der Waals surface area contributed by atoms with Crippen LogP contribution in [0.3, 0.4) is 0 Å². The minimum atomic E-state index is -0.773. The summed E-state index contributed by atoms with van der Waals surface area (Å²) in [5.74, 6) is 0.483. The third-order valence-corrected chi connectivity index (χ3v) is 16.0. The predicted molar refractivity (Wildman–Crippen MR) is 300 cm³/mol. The number of fused-ring (bicyclic) bond motifs is 5. The number of amides is 4. The standard InChI is InChI=1S/C53H62FN9O8S.3H2S/c1-8-34-14-16-43(72-34)51-63-38-15-13-30(36-25-55-47(57-36)40-12-10-18-62(40)50(65)46(60-53(67)69-7)33-19-28(4)70-29(5)20-33)21-32(38)23-41(63)44-35(54)22-31(24-42(44)71-51)37-26-56-48(58-37)39-11-9-17-61(39)49(64)45(27(2)3)59-52(66)68-6;;;/h13-16,21-29,33,39-40,45-46,51H,8-12,17-20H2,1-7H3,(H,55,57)(H,56,58)(H,59,66)(H,60,67);3*1H2/t28-,29+,33?,39-,40-,45-,46?,51?;;;/m0.../s1. The van der Waals surface area contributed by atoms with Crippen LogP contribution >= 0.6 is 51.8 Å². The smallest absolute Gasteiger partial charge is 0.407 e. The van der Waals surface area contributed by atoms with Crippen molar-refractivity contribution in [1.82, 2.24) is 44.9 Å². The molecule has 0 spiro atoms. The molecule has 4 aliphatic rings. The Balaban J connectivity index is 0.00000273. The molecule has 4 aromatic heterocycles. The molecule has 22 heteroatoms. The van der Waals surface area contributed by atoms with Crippen molar-refractivity contribution in [2.24, 2.45) is 11.8 Å². The lowest BCUT2D eigenvalue weighted by Crippen LogP contribution is -2.54. The van der Waals surface area contributed by atoms with Gasteiger partial charge in [0.1, 0.15) is 35.3 Å². The number of imidazole rings is 2. The fraction of sp³-hybridized carbons (Fsp3) is 0.472. The first-order valence-corrected chi connectivity index (χ1v) is 25.8. The first-order valence-electron chi connectivity index (χ1n) is 25.0. The molecule has 2 aromatic carbocycles. The van der Waals surface area contributed by atoms with Gasteiger partial charge < -0.3 is 49.3 Å². The number of aryl methyl sites for hydroxylation is 1. The summed E-state index contributed by atoms with van der Waals surface area (Å²) < 4.78 is 41.6. The number of carbonyl (C=O) groups is 4. The first kappa shape index (κ1) is 57.0. The summed E-state index contributed by atoms with van der Waals surface area (Å²) in [4.78, 5) is 75.2. The van der Waals surface area contributed by atoms with Gasteiger partial charge in [-0.15, -0.1) is 11.3 Å². The average molecular weight is 1110 g/mol. The quantitative estimate of drug-likeness (QED) is 0.0915. The van der Waals surface area contributed by atoms with Crippen LogP contribution in [-0.4, -0.2) is 110 Å². The molecule has 0 saturated carbocycles. The van der Waals surface area contributed by atoms with Crippen molar-refractivity contribution in [3.8, 4) is 39.5 Å². The van der Waals surface area contributed by atoms with Crippen LogP contribution in [0.5, 0.6) is 5.75 Å². The number of aromatic nitrogens is 5. The van der Waals surface area contributed by atoms with Crippen molar-refractivity contribution >= 4 is 86.7 Å².